The Morgan fingerprint density at radius 2 is 0.514 bits per heavy atom. The Hall–Kier alpha value is -7.64. The summed E-state index contributed by atoms with van der Waals surface area (Å²) in [5.74, 6) is 0.523. The molecule has 0 atom stereocenters. The van der Waals surface area contributed by atoms with E-state index in [1.807, 2.05) is 121 Å². The van der Waals surface area contributed by atoms with Crippen LogP contribution in [0, 0.1) is 0 Å². The van der Waals surface area contributed by atoms with Gasteiger partial charge >= 0.3 is 34.1 Å². The Labute approximate surface area is 469 Å². The summed E-state index contributed by atoms with van der Waals surface area (Å²) in [7, 11) is 0. The second-order valence-corrected chi connectivity index (χ2v) is 13.9. The van der Waals surface area contributed by atoms with E-state index in [-0.39, 0.29) is 57.3 Å². The van der Waals surface area contributed by atoms with E-state index < -0.39 is 0 Å². The Kier molecular flexibility index (Phi) is 42.9. The molecule has 0 saturated heterocycles. The predicted octanol–water partition coefficient (Wildman–Crippen LogP) is 8.83. The molecule has 0 fully saturated rings. The van der Waals surface area contributed by atoms with Crippen molar-refractivity contribution in [1.29, 1.82) is 0 Å². The first kappa shape index (κ1) is 68.4. The smallest absolute Gasteiger partial charge is 0.753 e. The summed E-state index contributed by atoms with van der Waals surface area (Å²) >= 11 is 14.8. The summed E-state index contributed by atoms with van der Waals surface area (Å²) in [6, 6.07) is 37.1. The largest absolute Gasteiger partial charge is 2.00 e. The fraction of sp³-hybridized carbons (Fsp3) is 0.167. The molecule has 26 heteroatoms. The molecular formula is C48H44Cu2N16O4S4. The van der Waals surface area contributed by atoms with E-state index in [9.17, 15) is 19.2 Å². The quantitative estimate of drug-likeness (QED) is 0.0378. The van der Waals surface area contributed by atoms with Gasteiger partial charge in [0.15, 0.2) is 23.1 Å². The van der Waals surface area contributed by atoms with Crippen molar-refractivity contribution in [2.45, 2.75) is 51.9 Å². The van der Waals surface area contributed by atoms with E-state index >= 15 is 0 Å². The molecule has 0 aliphatic heterocycles. The van der Waals surface area contributed by atoms with Crippen LogP contribution < -0.4 is 0 Å². The van der Waals surface area contributed by atoms with Crippen molar-refractivity contribution in [1.82, 2.24) is 59.1 Å². The van der Waals surface area contributed by atoms with Crippen molar-refractivity contribution < 1.29 is 53.3 Å². The summed E-state index contributed by atoms with van der Waals surface area (Å²) in [5.41, 5.74) is 2.99. The molecule has 20 nitrogen and oxygen atoms in total. The molecule has 4 aromatic carbocycles. The number of carbonyl (C=O) groups is 4. The number of ketones is 4. The van der Waals surface area contributed by atoms with Crippen LogP contribution >= 0.6 is 48.9 Å². The van der Waals surface area contributed by atoms with Crippen molar-refractivity contribution >= 4 is 92.6 Å². The molecule has 0 spiro atoms. The molecule has 0 amide bonds. The molecule has 0 N–H and O–H groups in total. The van der Waals surface area contributed by atoms with Crippen LogP contribution in [0.5, 0.6) is 0 Å². The monoisotopic (exact) mass is 1160 g/mol. The van der Waals surface area contributed by atoms with Gasteiger partial charge in [-0.1, -0.05) is 170 Å². The Bertz CT molecular complexity index is 2420. The Balaban J connectivity index is 0. The first-order valence-electron chi connectivity index (χ1n) is 20.8. The van der Waals surface area contributed by atoms with Gasteiger partial charge in [-0.05, 0) is 0 Å². The number of carbonyl (C=O) groups excluding carboxylic acids is 4. The third-order valence-corrected chi connectivity index (χ3v) is 8.52. The number of hydrogen-bond donors (Lipinski definition) is 0. The van der Waals surface area contributed by atoms with Crippen molar-refractivity contribution in [2.75, 3.05) is 0 Å². The number of rotatable bonds is 16. The van der Waals surface area contributed by atoms with Crippen LogP contribution in [0.25, 0.3) is 21.6 Å². The maximum atomic E-state index is 11.7. The number of benzene rings is 4. The molecule has 0 saturated carbocycles. The van der Waals surface area contributed by atoms with Crippen LogP contribution in [0.1, 0.15) is 67.1 Å². The zero-order chi connectivity index (χ0) is 52.9. The average molecular weight is 1160 g/mol. The van der Waals surface area contributed by atoms with E-state index in [2.05, 4.69) is 89.2 Å². The number of nitrogens with zero attached hydrogens (tertiary/aromatic N) is 16. The molecule has 8 rings (SSSR count). The van der Waals surface area contributed by atoms with E-state index in [4.69, 9.17) is 21.6 Å². The van der Waals surface area contributed by atoms with E-state index in [1.165, 1.54) is 46.0 Å². The fourth-order valence-corrected chi connectivity index (χ4v) is 5.33. The van der Waals surface area contributed by atoms with E-state index in [0.29, 0.717) is 51.9 Å². The number of thiocarbonyl (C=S) groups is 4. The molecule has 0 aliphatic rings. The Morgan fingerprint density at radius 1 is 0.351 bits per heavy atom. The van der Waals surface area contributed by atoms with Gasteiger partial charge in [0.1, 0.15) is 50.6 Å². The van der Waals surface area contributed by atoms with Crippen LogP contribution in [0.15, 0.2) is 172 Å². The van der Waals surface area contributed by atoms with Gasteiger partial charge in [0, 0.05) is 74.1 Å². The number of aryl methyl sites for hydroxylation is 4. The zero-order valence-electron chi connectivity index (χ0n) is 38.8. The molecular weight excluding hydrogens is 1120 g/mol. The SMILES string of the molecule is O=C(CCn1cncn1)c1ccccc1.O=C(CCn1cncn1)c1ccccc1.O=C(CCn1cncn1)c1ccccc1.O=C(CCn1cncn1)c1ccccc1.[Cu+2].[Cu+2].[N-]=C=S.[N-]=C=S.[N-]=C=S.[N-]=C=S. The van der Waals surface area contributed by atoms with Gasteiger partial charge in [-0.2, -0.15) is 41.0 Å². The maximum Gasteiger partial charge on any atom is 2.00 e. The molecule has 386 valence electrons. The van der Waals surface area contributed by atoms with Gasteiger partial charge < -0.3 is 21.6 Å². The summed E-state index contributed by atoms with van der Waals surface area (Å²) < 4.78 is 6.61. The third-order valence-electron chi connectivity index (χ3n) is 8.52. The molecule has 0 bridgehead atoms. The standard InChI is InChI=1S/4C11H11N3O.4CNS.2Cu/c4*15-11(10-4-2-1-3-5-10)6-7-14-9-12-8-13-14;4*2-1-3;;/h4*1-5,8-9H,6-7H2;;;;;;/q;;;;4*-1;2*+2. The summed E-state index contributed by atoms with van der Waals surface area (Å²) in [4.78, 5) is 62.0. The van der Waals surface area contributed by atoms with Crippen LogP contribution in [0.2, 0.25) is 0 Å². The minimum Gasteiger partial charge on any atom is -0.753 e. The Morgan fingerprint density at radius 3 is 0.649 bits per heavy atom. The molecule has 0 unspecified atom stereocenters. The van der Waals surface area contributed by atoms with Gasteiger partial charge in [0.2, 0.25) is 0 Å². The second-order valence-electron chi connectivity index (χ2n) is 13.2. The van der Waals surface area contributed by atoms with Gasteiger partial charge in [-0.3, -0.25) is 37.9 Å². The van der Waals surface area contributed by atoms with Gasteiger partial charge in [0.05, 0.1) is 0 Å². The third kappa shape index (κ3) is 33.1. The van der Waals surface area contributed by atoms with E-state index in [1.54, 1.807) is 44.0 Å². The van der Waals surface area contributed by atoms with Crippen molar-refractivity contribution in [3.8, 4) is 0 Å². The van der Waals surface area contributed by atoms with Crippen molar-refractivity contribution in [2.24, 2.45) is 0 Å². The minimum atomic E-state index is 0. The minimum absolute atomic E-state index is 0. The zero-order valence-corrected chi connectivity index (χ0v) is 44.0. The first-order chi connectivity index (χ1) is 35.1. The summed E-state index contributed by atoms with van der Waals surface area (Å²) in [6.45, 7) is 2.31. The average Bonchev–Trinajstić information content (AvgIpc) is 4.29. The molecule has 0 aliphatic carbocycles. The summed E-state index contributed by atoms with van der Waals surface area (Å²) in [6.07, 6.45) is 14.1. The normalized spacial score (nSPS) is 8.65. The molecule has 4 aromatic heterocycles. The topological polar surface area (TPSA) is 280 Å². The van der Waals surface area contributed by atoms with Crippen LogP contribution in [0.4, 0.5) is 0 Å². The number of aromatic nitrogens is 12. The van der Waals surface area contributed by atoms with Crippen LogP contribution in [-0.4, -0.2) is 103 Å². The number of isothiocyanates is 4. The van der Waals surface area contributed by atoms with Crippen molar-refractivity contribution in [3.63, 3.8) is 0 Å². The van der Waals surface area contributed by atoms with Gasteiger partial charge in [-0.15, -0.1) is 0 Å². The molecule has 2 radical (unpaired) electrons. The second kappa shape index (κ2) is 46.4. The predicted molar refractivity (Wildman–Crippen MR) is 285 cm³/mol. The first-order valence-corrected chi connectivity index (χ1v) is 22.4. The number of Topliss-reactive ketones (excluding diaryl/α,β-unsaturated/α-hetero) is 4. The van der Waals surface area contributed by atoms with E-state index in [0.717, 1.165) is 22.3 Å². The van der Waals surface area contributed by atoms with Crippen LogP contribution in [-0.2, 0) is 60.3 Å². The summed E-state index contributed by atoms with van der Waals surface area (Å²) in [5, 5.41) is 49.6. The fourth-order valence-electron chi connectivity index (χ4n) is 5.33. The maximum absolute atomic E-state index is 11.7. The van der Waals surface area contributed by atoms with Gasteiger partial charge in [-0.25, -0.2) is 19.9 Å². The molecule has 8 aromatic rings. The molecule has 74 heavy (non-hydrogen) atoms. The van der Waals surface area contributed by atoms with Gasteiger partial charge in [0.25, 0.3) is 0 Å². The number of hydrogen-bond acceptors (Lipinski definition) is 16. The van der Waals surface area contributed by atoms with Crippen LogP contribution in [0.3, 0.4) is 0 Å². The molecule has 4 heterocycles. The van der Waals surface area contributed by atoms with Crippen molar-refractivity contribution in [3.05, 3.63) is 216 Å².